The number of hydrogen-bond acceptors (Lipinski definition) is 3. The molecule has 0 atom stereocenters. The number of rotatable bonds is 0. The molecule has 1 heterocycles. The van der Waals surface area contributed by atoms with E-state index in [1.807, 2.05) is 4.72 Å². The molecule has 1 aliphatic heterocycles. The summed E-state index contributed by atoms with van der Waals surface area (Å²) in [4.78, 5) is 11.2. The summed E-state index contributed by atoms with van der Waals surface area (Å²) < 4.78 is 26.0. The van der Waals surface area contributed by atoms with E-state index in [1.165, 1.54) is 6.07 Å². The van der Waals surface area contributed by atoms with E-state index in [0.717, 1.165) is 0 Å². The Labute approximate surface area is 103 Å². The number of nitrogens with one attached hydrogen (secondary N) is 2. The van der Waals surface area contributed by atoms with Gasteiger partial charge in [-0.05, 0) is 12.1 Å². The van der Waals surface area contributed by atoms with Gasteiger partial charge < -0.3 is 0 Å². The zero-order chi connectivity index (χ0) is 9.47. The second kappa shape index (κ2) is 3.90. The molecule has 7 heteroatoms. The van der Waals surface area contributed by atoms with Crippen LogP contribution >= 0.6 is 0 Å². The number of fused-ring (bicyclic) bond motifs is 1. The van der Waals surface area contributed by atoms with Crippen LogP contribution in [0.4, 0.5) is 5.69 Å². The summed E-state index contributed by atoms with van der Waals surface area (Å²) in [6.07, 6.45) is 0. The van der Waals surface area contributed by atoms with Gasteiger partial charge in [0, 0.05) is 0 Å². The molecule has 0 aromatic heterocycles. The molecular weight excluding hydrogens is 215 g/mol. The summed E-state index contributed by atoms with van der Waals surface area (Å²) in [5.41, 5.74) is 0.642. The fourth-order valence-electron chi connectivity index (χ4n) is 1.12. The summed E-state index contributed by atoms with van der Waals surface area (Å²) in [6, 6.07) is 6.40. The number of carbonyl (C=O) groups excluding carboxylic acids is 1. The molecule has 0 unspecified atom stereocenters. The van der Waals surface area contributed by atoms with Crippen molar-refractivity contribution in [3.8, 4) is 0 Å². The molecule has 5 nitrogen and oxygen atoms in total. The van der Waals surface area contributed by atoms with Crippen LogP contribution in [0.2, 0.25) is 0 Å². The van der Waals surface area contributed by atoms with Crippen LogP contribution in [0.3, 0.4) is 0 Å². The summed E-state index contributed by atoms with van der Waals surface area (Å²) in [5.74, 6) is -0.602. The standard InChI is InChI=1S/C7H6N2O3S.Na/c10-7-5-3-1-2-4-6(5)8-13(11,12)9-7;/h1-4,8H,(H,9,10);/q;+1. The van der Waals surface area contributed by atoms with E-state index < -0.39 is 16.1 Å². The van der Waals surface area contributed by atoms with Crippen LogP contribution in [0.15, 0.2) is 24.3 Å². The molecule has 0 aliphatic carbocycles. The molecule has 68 valence electrons. The van der Waals surface area contributed by atoms with Crippen molar-refractivity contribution in [1.82, 2.24) is 4.72 Å². The van der Waals surface area contributed by atoms with Gasteiger partial charge in [-0.15, -0.1) is 0 Å². The van der Waals surface area contributed by atoms with Gasteiger partial charge in [-0.2, -0.15) is 8.42 Å². The molecule has 0 saturated carbocycles. The van der Waals surface area contributed by atoms with Gasteiger partial charge >= 0.3 is 39.8 Å². The molecule has 2 N–H and O–H groups in total. The van der Waals surface area contributed by atoms with Gasteiger partial charge in [-0.25, -0.2) is 4.72 Å². The number of para-hydroxylation sites is 1. The van der Waals surface area contributed by atoms with Crippen LogP contribution in [-0.2, 0) is 10.2 Å². The van der Waals surface area contributed by atoms with Crippen molar-refractivity contribution in [2.75, 3.05) is 4.72 Å². The maximum atomic E-state index is 11.2. The van der Waals surface area contributed by atoms with Crippen molar-refractivity contribution in [1.29, 1.82) is 0 Å². The first kappa shape index (κ1) is 11.5. The predicted octanol–water partition coefficient (Wildman–Crippen LogP) is -2.91. The van der Waals surface area contributed by atoms with E-state index >= 15 is 0 Å². The van der Waals surface area contributed by atoms with Crippen LogP contribution in [0, 0.1) is 0 Å². The summed E-state index contributed by atoms with van der Waals surface area (Å²) in [6.45, 7) is 0. The minimum absolute atomic E-state index is 0. The SMILES string of the molecule is O=C1NS(=O)(=O)Nc2ccccc21.[Na+]. The van der Waals surface area contributed by atoms with Gasteiger partial charge in [-0.3, -0.25) is 9.52 Å². The Morgan fingerprint density at radius 2 is 1.71 bits per heavy atom. The average molecular weight is 221 g/mol. The molecule has 1 aliphatic rings. The molecular formula is C7H6N2NaO3S+. The first-order valence-corrected chi connectivity index (χ1v) is 5.01. The summed E-state index contributed by atoms with van der Waals surface area (Å²) in [5, 5.41) is 0. The molecule has 2 rings (SSSR count). The molecule has 0 radical (unpaired) electrons. The number of carbonyl (C=O) groups is 1. The van der Waals surface area contributed by atoms with Crippen molar-refractivity contribution in [3.63, 3.8) is 0 Å². The van der Waals surface area contributed by atoms with Crippen molar-refractivity contribution < 1.29 is 42.8 Å². The van der Waals surface area contributed by atoms with Crippen molar-refractivity contribution >= 4 is 21.8 Å². The van der Waals surface area contributed by atoms with Gasteiger partial charge in [-0.1, -0.05) is 12.1 Å². The van der Waals surface area contributed by atoms with Crippen molar-refractivity contribution in [2.24, 2.45) is 0 Å². The third-order valence-corrected chi connectivity index (χ3v) is 2.59. The maximum absolute atomic E-state index is 11.2. The number of benzene rings is 1. The van der Waals surface area contributed by atoms with Crippen LogP contribution in [0.25, 0.3) is 0 Å². The van der Waals surface area contributed by atoms with E-state index in [2.05, 4.69) is 4.72 Å². The summed E-state index contributed by atoms with van der Waals surface area (Å²) in [7, 11) is -3.69. The van der Waals surface area contributed by atoms with E-state index in [0.29, 0.717) is 11.3 Å². The van der Waals surface area contributed by atoms with Crippen molar-refractivity contribution in [2.45, 2.75) is 0 Å². The molecule has 14 heavy (non-hydrogen) atoms. The topological polar surface area (TPSA) is 75.3 Å². The quantitative estimate of drug-likeness (QED) is 0.461. The fourth-order valence-corrected chi connectivity index (χ4v) is 1.99. The van der Waals surface area contributed by atoms with Gasteiger partial charge in [0.2, 0.25) is 0 Å². The minimum atomic E-state index is -3.69. The predicted molar refractivity (Wildman–Crippen MR) is 46.5 cm³/mol. The molecule has 0 spiro atoms. The molecule has 0 fully saturated rings. The minimum Gasteiger partial charge on any atom is -0.268 e. The Bertz CT molecular complexity index is 472. The van der Waals surface area contributed by atoms with Gasteiger partial charge in [0.15, 0.2) is 0 Å². The molecule has 0 saturated heterocycles. The third-order valence-electron chi connectivity index (χ3n) is 1.64. The number of anilines is 1. The van der Waals surface area contributed by atoms with Crippen LogP contribution in [0.1, 0.15) is 10.4 Å². The van der Waals surface area contributed by atoms with Crippen LogP contribution < -0.4 is 39.0 Å². The van der Waals surface area contributed by atoms with Gasteiger partial charge in [0.1, 0.15) is 0 Å². The fraction of sp³-hybridized carbons (Fsp3) is 0. The Morgan fingerprint density at radius 1 is 1.07 bits per heavy atom. The Hall–Kier alpha value is -0.560. The van der Waals surface area contributed by atoms with Gasteiger partial charge in [0.25, 0.3) is 5.91 Å². The zero-order valence-corrected chi connectivity index (χ0v) is 10.3. The maximum Gasteiger partial charge on any atom is 1.00 e. The molecule has 1 aromatic carbocycles. The number of amides is 1. The Kier molecular flexibility index (Phi) is 3.20. The second-order valence-electron chi connectivity index (χ2n) is 2.58. The smallest absolute Gasteiger partial charge is 0.268 e. The largest absolute Gasteiger partial charge is 1.00 e. The number of hydrogen-bond donors (Lipinski definition) is 2. The van der Waals surface area contributed by atoms with Crippen molar-refractivity contribution in [3.05, 3.63) is 29.8 Å². The normalized spacial score (nSPS) is 17.0. The second-order valence-corrected chi connectivity index (χ2v) is 4.00. The first-order valence-electron chi connectivity index (χ1n) is 3.52. The summed E-state index contributed by atoms with van der Waals surface area (Å²) >= 11 is 0. The average Bonchev–Trinajstić information content (AvgIpc) is 2.02. The van der Waals surface area contributed by atoms with E-state index in [-0.39, 0.29) is 29.6 Å². The zero-order valence-electron chi connectivity index (χ0n) is 7.44. The molecule has 0 bridgehead atoms. The van der Waals surface area contributed by atoms with E-state index in [9.17, 15) is 13.2 Å². The molecule has 1 aromatic rings. The monoisotopic (exact) mass is 221 g/mol. The van der Waals surface area contributed by atoms with Crippen LogP contribution in [0.5, 0.6) is 0 Å². The molecule has 1 amide bonds. The Morgan fingerprint density at radius 3 is 2.43 bits per heavy atom. The third kappa shape index (κ3) is 2.09. The Balaban J connectivity index is 0.000000980. The van der Waals surface area contributed by atoms with Crippen LogP contribution in [-0.4, -0.2) is 14.3 Å². The van der Waals surface area contributed by atoms with E-state index in [1.54, 1.807) is 18.2 Å². The first-order chi connectivity index (χ1) is 6.08. The van der Waals surface area contributed by atoms with E-state index in [4.69, 9.17) is 0 Å². The van der Waals surface area contributed by atoms with Gasteiger partial charge in [0.05, 0.1) is 11.3 Å².